The maximum absolute atomic E-state index is 11.2. The lowest BCUT2D eigenvalue weighted by Crippen LogP contribution is -2.03. The van der Waals surface area contributed by atoms with Gasteiger partial charge in [0, 0.05) is 5.56 Å². The molecule has 1 rings (SSSR count). The Hall–Kier alpha value is -1.44. The van der Waals surface area contributed by atoms with Crippen LogP contribution in [0.4, 0.5) is 0 Å². The van der Waals surface area contributed by atoms with Crippen LogP contribution in [-0.4, -0.2) is 12.0 Å². The highest BCUT2D eigenvalue weighted by Crippen LogP contribution is 2.08. The summed E-state index contributed by atoms with van der Waals surface area (Å²) in [5.41, 5.74) is 1.65. The first-order valence-electron chi connectivity index (χ1n) is 3.92. The highest BCUT2D eigenvalue weighted by atomic mass is 16.1. The molecule has 0 aliphatic rings. The van der Waals surface area contributed by atoms with Gasteiger partial charge >= 0.3 is 0 Å². The van der Waals surface area contributed by atoms with Crippen LogP contribution in [0.3, 0.4) is 0 Å². The highest BCUT2D eigenvalue weighted by molar-refractivity contribution is 6.34. The van der Waals surface area contributed by atoms with Gasteiger partial charge in [0.2, 0.25) is 5.78 Å². The van der Waals surface area contributed by atoms with E-state index in [1.807, 2.05) is 25.1 Å². The van der Waals surface area contributed by atoms with Crippen LogP contribution in [0.25, 0.3) is 0 Å². The molecular weight excluding hydrogens is 150 g/mol. The third-order valence-electron chi connectivity index (χ3n) is 1.79. The van der Waals surface area contributed by atoms with Crippen molar-refractivity contribution >= 4 is 12.0 Å². The van der Waals surface area contributed by atoms with Gasteiger partial charge in [0.15, 0.2) is 0 Å². The summed E-state index contributed by atoms with van der Waals surface area (Å²) in [5.74, 6) is -0.215. The summed E-state index contributed by atoms with van der Waals surface area (Å²) >= 11 is 0. The molecule has 0 heterocycles. The number of aryl methyl sites for hydroxylation is 1. The molecule has 62 valence electrons. The van der Waals surface area contributed by atoms with Crippen molar-refractivity contribution in [2.75, 3.05) is 0 Å². The van der Waals surface area contributed by atoms with E-state index in [-0.39, 0.29) is 5.78 Å². The molecular formula is C10H11NO. The molecule has 0 amide bonds. The first-order valence-corrected chi connectivity index (χ1v) is 3.92. The van der Waals surface area contributed by atoms with Gasteiger partial charge < -0.3 is 5.41 Å². The average Bonchev–Trinajstić information content (AvgIpc) is 2.16. The third-order valence-corrected chi connectivity index (χ3v) is 1.79. The van der Waals surface area contributed by atoms with Crippen LogP contribution in [0.2, 0.25) is 0 Å². The van der Waals surface area contributed by atoms with E-state index in [0.29, 0.717) is 5.56 Å². The lowest BCUT2D eigenvalue weighted by molar-refractivity contribution is 0.106. The summed E-state index contributed by atoms with van der Waals surface area (Å²) < 4.78 is 0. The van der Waals surface area contributed by atoms with Crippen molar-refractivity contribution in [3.63, 3.8) is 0 Å². The van der Waals surface area contributed by atoms with E-state index in [1.54, 1.807) is 6.07 Å². The second-order valence-corrected chi connectivity index (χ2v) is 2.52. The molecule has 0 aliphatic heterocycles. The number of Topliss-reactive ketones (excluding diaryl/α,β-unsaturated/α-hetero) is 1. The summed E-state index contributed by atoms with van der Waals surface area (Å²) in [5, 5.41) is 6.84. The molecule has 2 nitrogen and oxygen atoms in total. The fraction of sp³-hybridized carbons (Fsp3) is 0.200. The minimum atomic E-state index is -0.215. The number of benzene rings is 1. The van der Waals surface area contributed by atoms with E-state index in [1.165, 1.54) is 0 Å². The second kappa shape index (κ2) is 3.81. The van der Waals surface area contributed by atoms with Crippen LogP contribution < -0.4 is 0 Å². The topological polar surface area (TPSA) is 40.9 Å². The van der Waals surface area contributed by atoms with Gasteiger partial charge in [0.05, 0.1) is 6.21 Å². The van der Waals surface area contributed by atoms with Gasteiger partial charge in [-0.05, 0) is 12.0 Å². The van der Waals surface area contributed by atoms with Crippen molar-refractivity contribution in [2.24, 2.45) is 0 Å². The summed E-state index contributed by atoms with van der Waals surface area (Å²) in [6.07, 6.45) is 1.68. The van der Waals surface area contributed by atoms with Gasteiger partial charge in [-0.1, -0.05) is 31.2 Å². The highest BCUT2D eigenvalue weighted by Gasteiger charge is 2.05. The quantitative estimate of drug-likeness (QED) is 0.535. The van der Waals surface area contributed by atoms with Crippen molar-refractivity contribution in [1.82, 2.24) is 0 Å². The van der Waals surface area contributed by atoms with E-state index < -0.39 is 0 Å². The Balaban J connectivity index is 3.13. The molecule has 0 fully saturated rings. The lowest BCUT2D eigenvalue weighted by atomic mass is 10.0. The number of ketones is 1. The van der Waals surface area contributed by atoms with Crippen molar-refractivity contribution in [3.05, 3.63) is 35.4 Å². The SMILES string of the molecule is CCc1ccccc1C(=O)C=N. The Kier molecular flexibility index (Phi) is 2.75. The molecule has 0 spiro atoms. The number of hydrogen-bond donors (Lipinski definition) is 1. The van der Waals surface area contributed by atoms with Gasteiger partial charge in [-0.3, -0.25) is 4.79 Å². The van der Waals surface area contributed by atoms with Gasteiger partial charge in [-0.25, -0.2) is 0 Å². The normalized spacial score (nSPS) is 9.42. The Bertz CT molecular complexity index is 304. The first kappa shape index (κ1) is 8.65. The number of carbonyl (C=O) groups excluding carboxylic acids is 1. The van der Waals surface area contributed by atoms with E-state index in [9.17, 15) is 4.79 Å². The fourth-order valence-corrected chi connectivity index (χ4v) is 1.15. The van der Waals surface area contributed by atoms with Crippen molar-refractivity contribution < 1.29 is 4.79 Å². The standard InChI is InChI=1S/C10H11NO/c1-2-8-5-3-4-6-9(8)10(12)7-11/h3-7,11H,2H2,1H3. The summed E-state index contributed by atoms with van der Waals surface area (Å²) in [4.78, 5) is 11.2. The van der Waals surface area contributed by atoms with Crippen LogP contribution >= 0.6 is 0 Å². The molecule has 0 atom stereocenters. The lowest BCUT2D eigenvalue weighted by Gasteiger charge is -2.01. The maximum Gasteiger partial charge on any atom is 0.203 e. The Morgan fingerprint density at radius 1 is 1.50 bits per heavy atom. The first-order chi connectivity index (χ1) is 5.79. The Morgan fingerprint density at radius 3 is 2.75 bits per heavy atom. The summed E-state index contributed by atoms with van der Waals surface area (Å²) in [6, 6.07) is 7.39. The molecule has 12 heavy (non-hydrogen) atoms. The van der Waals surface area contributed by atoms with Crippen LogP contribution in [0.15, 0.2) is 24.3 Å². The molecule has 0 unspecified atom stereocenters. The van der Waals surface area contributed by atoms with Crippen LogP contribution in [0.1, 0.15) is 22.8 Å². The minimum Gasteiger partial charge on any atom is -0.305 e. The van der Waals surface area contributed by atoms with Crippen LogP contribution in [0.5, 0.6) is 0 Å². The van der Waals surface area contributed by atoms with E-state index >= 15 is 0 Å². The van der Waals surface area contributed by atoms with E-state index in [4.69, 9.17) is 5.41 Å². The van der Waals surface area contributed by atoms with Gasteiger partial charge in [-0.2, -0.15) is 0 Å². The third kappa shape index (κ3) is 1.59. The molecule has 1 aromatic rings. The predicted molar refractivity (Wildman–Crippen MR) is 48.9 cm³/mol. The number of rotatable bonds is 3. The molecule has 1 aromatic carbocycles. The molecule has 0 saturated carbocycles. The zero-order chi connectivity index (χ0) is 8.97. The van der Waals surface area contributed by atoms with Gasteiger partial charge in [0.1, 0.15) is 0 Å². The number of nitrogens with one attached hydrogen (secondary N) is 1. The van der Waals surface area contributed by atoms with Crippen molar-refractivity contribution in [3.8, 4) is 0 Å². The second-order valence-electron chi connectivity index (χ2n) is 2.52. The van der Waals surface area contributed by atoms with Gasteiger partial charge in [0.25, 0.3) is 0 Å². The van der Waals surface area contributed by atoms with Crippen molar-refractivity contribution in [1.29, 1.82) is 5.41 Å². The monoisotopic (exact) mass is 161 g/mol. The van der Waals surface area contributed by atoms with E-state index in [0.717, 1.165) is 18.2 Å². The number of hydrogen-bond acceptors (Lipinski definition) is 2. The van der Waals surface area contributed by atoms with Crippen molar-refractivity contribution in [2.45, 2.75) is 13.3 Å². The van der Waals surface area contributed by atoms with Gasteiger partial charge in [-0.15, -0.1) is 0 Å². The molecule has 0 radical (unpaired) electrons. The Labute approximate surface area is 71.7 Å². The molecule has 2 heteroatoms. The Morgan fingerprint density at radius 2 is 2.17 bits per heavy atom. The maximum atomic E-state index is 11.2. The zero-order valence-electron chi connectivity index (χ0n) is 7.00. The molecule has 0 saturated heterocycles. The molecule has 1 N–H and O–H groups in total. The smallest absolute Gasteiger partial charge is 0.203 e. The fourth-order valence-electron chi connectivity index (χ4n) is 1.15. The van der Waals surface area contributed by atoms with Crippen LogP contribution in [-0.2, 0) is 6.42 Å². The largest absolute Gasteiger partial charge is 0.305 e. The zero-order valence-corrected chi connectivity index (χ0v) is 7.00. The summed E-state index contributed by atoms with van der Waals surface area (Å²) in [7, 11) is 0. The minimum absolute atomic E-state index is 0.215. The average molecular weight is 161 g/mol. The van der Waals surface area contributed by atoms with Crippen LogP contribution in [0, 0.1) is 5.41 Å². The predicted octanol–water partition coefficient (Wildman–Crippen LogP) is 2.08. The molecule has 0 bridgehead atoms. The molecule has 0 aliphatic carbocycles. The molecule has 0 aromatic heterocycles. The number of carbonyl (C=O) groups is 1. The van der Waals surface area contributed by atoms with E-state index in [2.05, 4.69) is 0 Å². The summed E-state index contributed by atoms with van der Waals surface area (Å²) in [6.45, 7) is 2.00.